The summed E-state index contributed by atoms with van der Waals surface area (Å²) in [6.45, 7) is 2.83. The number of hydrogen-bond donors (Lipinski definition) is 0. The third-order valence-corrected chi connectivity index (χ3v) is 7.34. The van der Waals surface area contributed by atoms with E-state index in [-0.39, 0.29) is 29.1 Å². The van der Waals surface area contributed by atoms with Crippen LogP contribution in [0.15, 0.2) is 62.5 Å². The lowest BCUT2D eigenvalue weighted by Crippen LogP contribution is -2.52. The molecule has 10 heteroatoms. The van der Waals surface area contributed by atoms with E-state index in [2.05, 4.69) is 10.2 Å². The maximum Gasteiger partial charge on any atom is 0.283 e. The molecule has 1 aliphatic heterocycles. The highest BCUT2D eigenvalue weighted by molar-refractivity contribution is 7.89. The van der Waals surface area contributed by atoms with Crippen LogP contribution in [0.4, 0.5) is 0 Å². The predicted molar refractivity (Wildman–Crippen MR) is 116 cm³/mol. The minimum absolute atomic E-state index is 0.107. The second-order valence-electron chi connectivity index (χ2n) is 7.68. The van der Waals surface area contributed by atoms with Crippen molar-refractivity contribution >= 4 is 15.9 Å². The molecule has 1 aliphatic rings. The zero-order valence-electron chi connectivity index (χ0n) is 17.9. The van der Waals surface area contributed by atoms with Gasteiger partial charge in [0.15, 0.2) is 5.76 Å². The smallest absolute Gasteiger partial charge is 0.283 e. The first-order valence-corrected chi connectivity index (χ1v) is 12.2. The molecule has 1 aromatic carbocycles. The largest absolute Gasteiger partial charge is 0.459 e. The molecule has 1 saturated heterocycles. The van der Waals surface area contributed by atoms with Gasteiger partial charge in [-0.1, -0.05) is 31.5 Å². The van der Waals surface area contributed by atoms with E-state index in [1.165, 1.54) is 10.6 Å². The SMILES string of the molecule is CCCN(Cc1nnc(-c2ccco2)o1)C(=O)[C@H]1CCCCN1S(=O)(=O)c1ccccc1. The van der Waals surface area contributed by atoms with Gasteiger partial charge in [0.05, 0.1) is 17.7 Å². The van der Waals surface area contributed by atoms with Gasteiger partial charge in [-0.25, -0.2) is 8.42 Å². The molecule has 0 radical (unpaired) electrons. The van der Waals surface area contributed by atoms with Gasteiger partial charge in [0.1, 0.15) is 6.04 Å². The molecule has 0 unspecified atom stereocenters. The molecule has 0 aliphatic carbocycles. The van der Waals surface area contributed by atoms with E-state index in [0.29, 0.717) is 31.7 Å². The first-order valence-electron chi connectivity index (χ1n) is 10.7. The third-order valence-electron chi connectivity index (χ3n) is 5.42. The third kappa shape index (κ3) is 4.61. The fraction of sp³-hybridized carbons (Fsp3) is 0.409. The highest BCUT2D eigenvalue weighted by atomic mass is 32.2. The molecule has 0 N–H and O–H groups in total. The summed E-state index contributed by atoms with van der Waals surface area (Å²) in [5.41, 5.74) is 0. The Kier molecular flexibility index (Phi) is 6.71. The monoisotopic (exact) mass is 458 g/mol. The lowest BCUT2D eigenvalue weighted by molar-refractivity contribution is -0.137. The Balaban J connectivity index is 1.56. The number of carbonyl (C=O) groups is 1. The number of sulfonamides is 1. The van der Waals surface area contributed by atoms with Crippen LogP contribution in [0.5, 0.6) is 0 Å². The number of carbonyl (C=O) groups excluding carboxylic acids is 1. The molecule has 2 aromatic heterocycles. The maximum atomic E-state index is 13.5. The Morgan fingerprint density at radius 3 is 2.69 bits per heavy atom. The first kappa shape index (κ1) is 22.2. The lowest BCUT2D eigenvalue weighted by Gasteiger charge is -2.36. The Labute approximate surface area is 187 Å². The van der Waals surface area contributed by atoms with E-state index in [1.807, 2.05) is 6.92 Å². The van der Waals surface area contributed by atoms with Crippen LogP contribution in [-0.4, -0.2) is 52.9 Å². The average molecular weight is 459 g/mol. The Hall–Kier alpha value is -2.98. The summed E-state index contributed by atoms with van der Waals surface area (Å²) in [5.74, 6) is 0.708. The second kappa shape index (κ2) is 9.66. The summed E-state index contributed by atoms with van der Waals surface area (Å²) < 4.78 is 38.8. The average Bonchev–Trinajstić information content (AvgIpc) is 3.51. The first-order chi connectivity index (χ1) is 15.5. The number of nitrogens with zero attached hydrogens (tertiary/aromatic N) is 4. The molecule has 9 nitrogen and oxygen atoms in total. The molecular formula is C22H26N4O5S. The number of rotatable bonds is 8. The van der Waals surface area contributed by atoms with Gasteiger partial charge in [0.25, 0.3) is 5.89 Å². The zero-order valence-corrected chi connectivity index (χ0v) is 18.7. The molecule has 0 bridgehead atoms. The van der Waals surface area contributed by atoms with Gasteiger partial charge in [-0.2, -0.15) is 4.31 Å². The number of amides is 1. The van der Waals surface area contributed by atoms with Gasteiger partial charge in [-0.05, 0) is 43.5 Å². The van der Waals surface area contributed by atoms with Gasteiger partial charge < -0.3 is 13.7 Å². The number of hydrogen-bond acceptors (Lipinski definition) is 7. The Morgan fingerprint density at radius 1 is 1.16 bits per heavy atom. The normalized spacial score (nSPS) is 17.3. The summed E-state index contributed by atoms with van der Waals surface area (Å²) >= 11 is 0. The van der Waals surface area contributed by atoms with Crippen LogP contribution in [0.3, 0.4) is 0 Å². The van der Waals surface area contributed by atoms with Crippen LogP contribution in [0.25, 0.3) is 11.7 Å². The van der Waals surface area contributed by atoms with Crippen molar-refractivity contribution < 1.29 is 22.0 Å². The quantitative estimate of drug-likeness (QED) is 0.509. The van der Waals surface area contributed by atoms with Crippen LogP contribution in [0, 0.1) is 0 Å². The van der Waals surface area contributed by atoms with E-state index < -0.39 is 16.1 Å². The summed E-state index contributed by atoms with van der Waals surface area (Å²) in [4.78, 5) is 15.3. The topological polar surface area (TPSA) is 110 Å². The van der Waals surface area contributed by atoms with Crippen molar-refractivity contribution in [3.8, 4) is 11.7 Å². The molecule has 3 heterocycles. The number of furan rings is 1. The van der Waals surface area contributed by atoms with Crippen molar-refractivity contribution in [3.63, 3.8) is 0 Å². The molecule has 1 fully saturated rings. The van der Waals surface area contributed by atoms with E-state index in [1.54, 1.807) is 47.4 Å². The van der Waals surface area contributed by atoms with E-state index >= 15 is 0 Å². The van der Waals surface area contributed by atoms with E-state index in [4.69, 9.17) is 8.83 Å². The van der Waals surface area contributed by atoms with Crippen LogP contribution in [-0.2, 0) is 21.4 Å². The maximum absolute atomic E-state index is 13.5. The minimum Gasteiger partial charge on any atom is -0.459 e. The van der Waals surface area contributed by atoms with Gasteiger partial charge in [0.2, 0.25) is 21.8 Å². The number of benzene rings is 1. The molecule has 1 amide bonds. The fourth-order valence-electron chi connectivity index (χ4n) is 3.90. The van der Waals surface area contributed by atoms with Crippen LogP contribution >= 0.6 is 0 Å². The van der Waals surface area contributed by atoms with E-state index in [9.17, 15) is 13.2 Å². The van der Waals surface area contributed by atoms with Crippen LogP contribution < -0.4 is 0 Å². The summed E-state index contributed by atoms with van der Waals surface area (Å²) in [6.07, 6.45) is 4.22. The number of aromatic nitrogens is 2. The standard InChI is InChI=1S/C22H26N4O5S/c1-2-13-25(16-20-23-24-21(31-20)19-12-8-15-30-19)22(27)18-11-6-7-14-26(18)32(28,29)17-9-4-3-5-10-17/h3-5,8-10,12,15,18H,2,6-7,11,13-14,16H2,1H3/t18-/m1/s1. The Bertz CT molecular complexity index is 1130. The molecule has 0 saturated carbocycles. The van der Waals surface area contributed by atoms with E-state index in [0.717, 1.165) is 12.8 Å². The fourth-order valence-corrected chi connectivity index (χ4v) is 5.57. The van der Waals surface area contributed by atoms with Gasteiger partial charge in [-0.15, -0.1) is 10.2 Å². The van der Waals surface area contributed by atoms with Crippen molar-refractivity contribution in [1.29, 1.82) is 0 Å². The van der Waals surface area contributed by atoms with Crippen LogP contribution in [0.1, 0.15) is 38.5 Å². The number of piperidine rings is 1. The van der Waals surface area contributed by atoms with Gasteiger partial charge in [-0.3, -0.25) is 4.79 Å². The van der Waals surface area contributed by atoms with Gasteiger partial charge in [0, 0.05) is 13.1 Å². The minimum atomic E-state index is -3.78. The van der Waals surface area contributed by atoms with Crippen molar-refractivity contribution in [3.05, 3.63) is 54.6 Å². The summed E-state index contributed by atoms with van der Waals surface area (Å²) in [5, 5.41) is 8.02. The molecule has 170 valence electrons. The molecule has 32 heavy (non-hydrogen) atoms. The summed E-state index contributed by atoms with van der Waals surface area (Å²) in [6, 6.07) is 10.9. The highest BCUT2D eigenvalue weighted by Gasteiger charge is 2.39. The van der Waals surface area contributed by atoms with Crippen LogP contribution in [0.2, 0.25) is 0 Å². The second-order valence-corrected chi connectivity index (χ2v) is 9.57. The summed E-state index contributed by atoms with van der Waals surface area (Å²) in [7, 11) is -3.78. The molecule has 0 spiro atoms. The molecule has 1 atom stereocenters. The predicted octanol–water partition coefficient (Wildman–Crippen LogP) is 3.31. The van der Waals surface area contributed by atoms with Crippen molar-refractivity contribution in [2.24, 2.45) is 0 Å². The molecular weight excluding hydrogens is 432 g/mol. The molecule has 3 aromatic rings. The lowest BCUT2D eigenvalue weighted by atomic mass is 10.0. The van der Waals surface area contributed by atoms with Crippen molar-refractivity contribution in [2.75, 3.05) is 13.1 Å². The van der Waals surface area contributed by atoms with Crippen molar-refractivity contribution in [2.45, 2.75) is 50.1 Å². The van der Waals surface area contributed by atoms with Gasteiger partial charge >= 0.3 is 0 Å². The molecule has 4 rings (SSSR count). The Morgan fingerprint density at radius 2 is 1.97 bits per heavy atom. The zero-order chi connectivity index (χ0) is 22.6. The van der Waals surface area contributed by atoms with Crippen molar-refractivity contribution in [1.82, 2.24) is 19.4 Å². The highest BCUT2D eigenvalue weighted by Crippen LogP contribution is 2.27.